The second-order valence-electron chi connectivity index (χ2n) is 4.04. The number of hydrogen-bond donors (Lipinski definition) is 1. The minimum absolute atomic E-state index is 0.192. The Labute approximate surface area is 104 Å². The molecule has 0 aromatic rings. The van der Waals surface area contributed by atoms with Crippen molar-refractivity contribution < 1.29 is 40.6 Å². The van der Waals surface area contributed by atoms with E-state index in [9.17, 15) is 35.5 Å². The van der Waals surface area contributed by atoms with Crippen LogP contribution in [0.1, 0.15) is 32.6 Å². The molecule has 0 aliphatic heterocycles. The molecular weight excluding hydrogens is 285 g/mol. The molecule has 9 heteroatoms. The first kappa shape index (κ1) is 18.0. The fraction of sp³-hybridized carbons (Fsp3) is 0.900. The predicted octanol–water partition coefficient (Wildman–Crippen LogP) is 3.90. The second-order valence-corrected chi connectivity index (χ2v) is 4.04. The largest absolute Gasteiger partial charge is 0.477 e. The number of carbonyl (C=O) groups is 1. The third-order valence-electron chi connectivity index (χ3n) is 2.54. The quantitative estimate of drug-likeness (QED) is 0.545. The Balaban J connectivity index is 5.10. The maximum atomic E-state index is 13.0. The van der Waals surface area contributed by atoms with Crippen LogP contribution in [0.25, 0.3) is 0 Å². The van der Waals surface area contributed by atoms with E-state index in [1.807, 2.05) is 0 Å². The summed E-state index contributed by atoms with van der Waals surface area (Å²) in [5.74, 6) is -21.6. The first-order chi connectivity index (χ1) is 8.42. The molecule has 0 aromatic carbocycles. The first-order valence-corrected chi connectivity index (χ1v) is 5.43. The summed E-state index contributed by atoms with van der Waals surface area (Å²) in [5, 5.41) is 7.85. The van der Waals surface area contributed by atoms with E-state index in [2.05, 4.69) is 0 Å². The monoisotopic (exact) mass is 298 g/mol. The molecule has 0 fully saturated rings. The highest BCUT2D eigenvalue weighted by Crippen LogP contribution is 2.49. The Hall–Kier alpha value is -1.02. The molecule has 0 radical (unpaired) electrons. The van der Waals surface area contributed by atoms with Gasteiger partial charge in [0.05, 0.1) is 0 Å². The molecule has 1 N–H and O–H groups in total. The van der Waals surface area contributed by atoms with Gasteiger partial charge in [0.25, 0.3) is 0 Å². The molecule has 0 aliphatic rings. The summed E-state index contributed by atoms with van der Waals surface area (Å²) >= 11 is 0. The van der Waals surface area contributed by atoms with Crippen molar-refractivity contribution in [3.8, 4) is 0 Å². The molecule has 0 spiro atoms. The van der Waals surface area contributed by atoms with Crippen LogP contribution in [-0.4, -0.2) is 35.0 Å². The highest BCUT2D eigenvalue weighted by atomic mass is 19.3. The van der Waals surface area contributed by atoms with Crippen molar-refractivity contribution in [2.45, 2.75) is 56.5 Å². The second kappa shape index (κ2) is 5.96. The molecule has 0 rings (SSSR count). The number of halogens is 7. The minimum Gasteiger partial charge on any atom is -0.477 e. The van der Waals surface area contributed by atoms with Crippen molar-refractivity contribution in [3.63, 3.8) is 0 Å². The summed E-state index contributed by atoms with van der Waals surface area (Å²) in [6.45, 7) is 1.64. The fourth-order valence-electron chi connectivity index (χ4n) is 1.30. The Morgan fingerprint density at radius 1 is 1.11 bits per heavy atom. The van der Waals surface area contributed by atoms with Crippen molar-refractivity contribution in [2.24, 2.45) is 0 Å². The lowest BCUT2D eigenvalue weighted by molar-refractivity contribution is -0.318. The SMILES string of the molecule is CCCCCC(F)C(F)(F)C(F)(F)C(F)(F)C(=O)O. The van der Waals surface area contributed by atoms with Gasteiger partial charge in [-0.05, 0) is 6.42 Å². The molecule has 0 aromatic heterocycles. The number of rotatable bonds is 8. The lowest BCUT2D eigenvalue weighted by Gasteiger charge is -2.32. The Kier molecular flexibility index (Phi) is 5.64. The molecule has 2 nitrogen and oxygen atoms in total. The third kappa shape index (κ3) is 3.30. The molecule has 0 bridgehead atoms. The fourth-order valence-corrected chi connectivity index (χ4v) is 1.30. The van der Waals surface area contributed by atoms with Crippen LogP contribution < -0.4 is 0 Å². The van der Waals surface area contributed by atoms with Crippen LogP contribution in [0.3, 0.4) is 0 Å². The summed E-state index contributed by atoms with van der Waals surface area (Å²) in [5.41, 5.74) is 0. The highest BCUT2D eigenvalue weighted by Gasteiger charge is 2.77. The van der Waals surface area contributed by atoms with Crippen molar-refractivity contribution in [3.05, 3.63) is 0 Å². The number of hydrogen-bond acceptors (Lipinski definition) is 1. The Morgan fingerprint density at radius 3 is 1.95 bits per heavy atom. The van der Waals surface area contributed by atoms with E-state index >= 15 is 0 Å². The van der Waals surface area contributed by atoms with E-state index in [1.165, 1.54) is 0 Å². The van der Waals surface area contributed by atoms with Crippen LogP contribution in [0.15, 0.2) is 0 Å². The lowest BCUT2D eigenvalue weighted by Crippen LogP contribution is -2.61. The van der Waals surface area contributed by atoms with Gasteiger partial charge in [-0.3, -0.25) is 0 Å². The van der Waals surface area contributed by atoms with Crippen molar-refractivity contribution in [1.82, 2.24) is 0 Å². The molecule has 0 heterocycles. The zero-order valence-corrected chi connectivity index (χ0v) is 9.91. The van der Waals surface area contributed by atoms with Crippen molar-refractivity contribution >= 4 is 5.97 Å². The van der Waals surface area contributed by atoms with Crippen LogP contribution in [0.4, 0.5) is 30.7 Å². The molecular formula is C10H13F7O2. The van der Waals surface area contributed by atoms with Gasteiger partial charge < -0.3 is 5.11 Å². The van der Waals surface area contributed by atoms with Crippen LogP contribution in [0.2, 0.25) is 0 Å². The lowest BCUT2D eigenvalue weighted by atomic mass is 9.97. The van der Waals surface area contributed by atoms with Crippen molar-refractivity contribution in [2.75, 3.05) is 0 Å². The Morgan fingerprint density at radius 2 is 1.58 bits per heavy atom. The minimum atomic E-state index is -6.31. The van der Waals surface area contributed by atoms with Gasteiger partial charge in [-0.25, -0.2) is 9.18 Å². The normalized spacial score (nSPS) is 15.4. The maximum absolute atomic E-state index is 13.0. The Bertz CT molecular complexity index is 317. The molecule has 1 unspecified atom stereocenters. The number of aliphatic carboxylic acids is 1. The number of unbranched alkanes of at least 4 members (excludes halogenated alkanes) is 2. The van der Waals surface area contributed by atoms with Gasteiger partial charge >= 0.3 is 23.7 Å². The van der Waals surface area contributed by atoms with Gasteiger partial charge in [-0.2, -0.15) is 26.3 Å². The van der Waals surface area contributed by atoms with Crippen LogP contribution >= 0.6 is 0 Å². The van der Waals surface area contributed by atoms with Gasteiger partial charge in [-0.1, -0.05) is 26.2 Å². The highest BCUT2D eigenvalue weighted by molar-refractivity contribution is 5.77. The summed E-state index contributed by atoms with van der Waals surface area (Å²) < 4.78 is 89.9. The predicted molar refractivity (Wildman–Crippen MR) is 51.5 cm³/mol. The average molecular weight is 298 g/mol. The molecule has 1 atom stereocenters. The third-order valence-corrected chi connectivity index (χ3v) is 2.54. The first-order valence-electron chi connectivity index (χ1n) is 5.43. The smallest absolute Gasteiger partial charge is 0.410 e. The van der Waals surface area contributed by atoms with Crippen LogP contribution in [-0.2, 0) is 4.79 Å². The standard InChI is InChI=1S/C10H13F7O2/c1-2-3-4-5-6(11)8(12,13)10(16,17)9(14,15)7(18)19/h6H,2-5H2,1H3,(H,18,19). The van der Waals surface area contributed by atoms with Crippen LogP contribution in [0, 0.1) is 0 Å². The molecule has 0 saturated heterocycles. The summed E-state index contributed by atoms with van der Waals surface area (Å²) in [6.07, 6.45) is -4.04. The van der Waals surface area contributed by atoms with Gasteiger partial charge in [0.15, 0.2) is 6.17 Å². The zero-order valence-electron chi connectivity index (χ0n) is 9.91. The molecule has 0 amide bonds. The van der Waals surface area contributed by atoms with E-state index in [0.717, 1.165) is 0 Å². The number of carboxylic acids is 1. The molecule has 114 valence electrons. The van der Waals surface area contributed by atoms with E-state index in [1.54, 1.807) is 6.92 Å². The molecule has 0 aliphatic carbocycles. The number of carboxylic acid groups (broad SMARTS) is 1. The summed E-state index contributed by atoms with van der Waals surface area (Å²) in [7, 11) is 0. The molecule has 19 heavy (non-hydrogen) atoms. The van der Waals surface area contributed by atoms with Crippen molar-refractivity contribution in [1.29, 1.82) is 0 Å². The van der Waals surface area contributed by atoms with E-state index in [-0.39, 0.29) is 12.8 Å². The maximum Gasteiger partial charge on any atom is 0.410 e. The topological polar surface area (TPSA) is 37.3 Å². The van der Waals surface area contributed by atoms with Gasteiger partial charge in [0.2, 0.25) is 0 Å². The summed E-state index contributed by atoms with van der Waals surface area (Å²) in [6, 6.07) is 0. The van der Waals surface area contributed by atoms with Crippen LogP contribution in [0.5, 0.6) is 0 Å². The van der Waals surface area contributed by atoms with E-state index < -0.39 is 36.3 Å². The van der Waals surface area contributed by atoms with Gasteiger partial charge in [0, 0.05) is 0 Å². The van der Waals surface area contributed by atoms with Gasteiger partial charge in [0.1, 0.15) is 0 Å². The number of alkyl halides is 7. The molecule has 0 saturated carbocycles. The average Bonchev–Trinajstić information content (AvgIpc) is 2.28. The van der Waals surface area contributed by atoms with E-state index in [0.29, 0.717) is 6.42 Å². The van der Waals surface area contributed by atoms with E-state index in [4.69, 9.17) is 5.11 Å². The summed E-state index contributed by atoms with van der Waals surface area (Å²) in [4.78, 5) is 9.91. The van der Waals surface area contributed by atoms with Gasteiger partial charge in [-0.15, -0.1) is 0 Å². The zero-order chi connectivity index (χ0) is 15.5.